The van der Waals surface area contributed by atoms with E-state index in [2.05, 4.69) is 10.1 Å². The van der Waals surface area contributed by atoms with E-state index in [1.807, 2.05) is 0 Å². The average Bonchev–Trinajstić information content (AvgIpc) is 3.04. The van der Waals surface area contributed by atoms with Crippen molar-refractivity contribution < 1.29 is 22.3 Å². The summed E-state index contributed by atoms with van der Waals surface area (Å²) in [4.78, 5) is 4.30. The fourth-order valence-electron chi connectivity index (χ4n) is 2.80. The predicted molar refractivity (Wildman–Crippen MR) is 87.9 cm³/mol. The smallest absolute Gasteiger partial charge is 0.419 e. The molecule has 0 unspecified atom stereocenters. The molecule has 0 atom stereocenters. The molecule has 0 saturated carbocycles. The Kier molecular flexibility index (Phi) is 3.57. The fraction of sp³-hybridized carbons (Fsp3) is 0.111. The Bertz CT molecular complexity index is 1130. The molecule has 2 heterocycles. The van der Waals surface area contributed by atoms with E-state index in [-0.39, 0.29) is 5.69 Å². The standard InChI is InChI=1S/C18H11F4N3O/c1-26-11-3-5-16-12(7-11)13-9-25(24-17(13)8-23-16)10-2-4-14(15(19)6-10)18(20,21)22/h2-9H,1H3. The number of hydrogen-bond acceptors (Lipinski definition) is 3. The highest BCUT2D eigenvalue weighted by atomic mass is 19.4. The van der Waals surface area contributed by atoms with E-state index in [0.717, 1.165) is 22.4 Å². The summed E-state index contributed by atoms with van der Waals surface area (Å²) in [7, 11) is 1.54. The molecule has 26 heavy (non-hydrogen) atoms. The first-order valence-corrected chi connectivity index (χ1v) is 7.56. The van der Waals surface area contributed by atoms with Crippen LogP contribution in [0.4, 0.5) is 17.6 Å². The van der Waals surface area contributed by atoms with E-state index in [0.29, 0.717) is 17.3 Å². The molecule has 0 spiro atoms. The minimum absolute atomic E-state index is 0.183. The van der Waals surface area contributed by atoms with Crippen molar-refractivity contribution in [3.8, 4) is 11.4 Å². The molecule has 8 heteroatoms. The van der Waals surface area contributed by atoms with Crippen LogP contribution < -0.4 is 4.74 Å². The van der Waals surface area contributed by atoms with Crippen molar-refractivity contribution in [3.63, 3.8) is 0 Å². The van der Waals surface area contributed by atoms with Crippen LogP contribution in [-0.2, 0) is 6.18 Å². The molecule has 4 nitrogen and oxygen atoms in total. The van der Waals surface area contributed by atoms with Crippen molar-refractivity contribution in [1.29, 1.82) is 0 Å². The van der Waals surface area contributed by atoms with Gasteiger partial charge in [0, 0.05) is 23.0 Å². The zero-order valence-corrected chi connectivity index (χ0v) is 13.4. The topological polar surface area (TPSA) is 39.9 Å². The number of nitrogens with zero attached hydrogens (tertiary/aromatic N) is 3. The summed E-state index contributed by atoms with van der Waals surface area (Å²) in [6.45, 7) is 0. The van der Waals surface area contributed by atoms with Gasteiger partial charge >= 0.3 is 6.18 Å². The number of pyridine rings is 1. The highest BCUT2D eigenvalue weighted by Gasteiger charge is 2.34. The summed E-state index contributed by atoms with van der Waals surface area (Å²) in [6, 6.07) is 8.05. The molecule has 0 aliphatic heterocycles. The first-order valence-electron chi connectivity index (χ1n) is 7.56. The maximum absolute atomic E-state index is 13.8. The molecule has 132 valence electrons. The number of ether oxygens (including phenoxy) is 1. The highest BCUT2D eigenvalue weighted by Crippen LogP contribution is 2.33. The zero-order valence-electron chi connectivity index (χ0n) is 13.4. The molecular weight excluding hydrogens is 350 g/mol. The maximum Gasteiger partial charge on any atom is 0.419 e. The third kappa shape index (κ3) is 2.63. The largest absolute Gasteiger partial charge is 0.497 e. The van der Waals surface area contributed by atoms with Crippen LogP contribution in [-0.4, -0.2) is 21.9 Å². The molecule has 2 aromatic carbocycles. The van der Waals surface area contributed by atoms with Gasteiger partial charge in [-0.05, 0) is 30.3 Å². The number of benzene rings is 2. The van der Waals surface area contributed by atoms with Gasteiger partial charge in [0.2, 0.25) is 0 Å². The van der Waals surface area contributed by atoms with Crippen LogP contribution in [0.15, 0.2) is 48.8 Å². The number of alkyl halides is 3. The fourth-order valence-corrected chi connectivity index (χ4v) is 2.80. The Balaban J connectivity index is 1.88. The molecule has 0 aliphatic rings. The van der Waals surface area contributed by atoms with Crippen molar-refractivity contribution in [2.24, 2.45) is 0 Å². The minimum Gasteiger partial charge on any atom is -0.497 e. The van der Waals surface area contributed by atoms with Crippen LogP contribution in [0.5, 0.6) is 5.75 Å². The molecule has 4 aromatic rings. The van der Waals surface area contributed by atoms with E-state index < -0.39 is 17.6 Å². The molecular formula is C18H11F4N3O. The molecule has 4 rings (SSSR count). The first-order chi connectivity index (χ1) is 12.4. The van der Waals surface area contributed by atoms with Gasteiger partial charge in [-0.25, -0.2) is 9.07 Å². The summed E-state index contributed by atoms with van der Waals surface area (Å²) in [5.74, 6) is -0.709. The van der Waals surface area contributed by atoms with Gasteiger partial charge in [0.1, 0.15) is 17.1 Å². The van der Waals surface area contributed by atoms with Gasteiger partial charge < -0.3 is 4.74 Å². The van der Waals surface area contributed by atoms with Crippen LogP contribution in [0.1, 0.15) is 5.56 Å². The molecule has 2 aromatic heterocycles. The van der Waals surface area contributed by atoms with E-state index in [1.165, 1.54) is 10.7 Å². The van der Waals surface area contributed by atoms with Crippen LogP contribution in [0.3, 0.4) is 0 Å². The van der Waals surface area contributed by atoms with Crippen molar-refractivity contribution >= 4 is 21.8 Å². The second kappa shape index (κ2) is 5.69. The zero-order chi connectivity index (χ0) is 18.5. The van der Waals surface area contributed by atoms with Crippen molar-refractivity contribution in [3.05, 3.63) is 60.2 Å². The number of fused-ring (bicyclic) bond motifs is 3. The first kappa shape index (κ1) is 16.3. The number of methoxy groups -OCH3 is 1. The number of halogens is 4. The Morgan fingerprint density at radius 2 is 1.81 bits per heavy atom. The second-order valence-corrected chi connectivity index (χ2v) is 5.68. The number of rotatable bonds is 2. The van der Waals surface area contributed by atoms with Crippen molar-refractivity contribution in [2.75, 3.05) is 7.11 Å². The second-order valence-electron chi connectivity index (χ2n) is 5.68. The summed E-state index contributed by atoms with van der Waals surface area (Å²) in [5, 5.41) is 5.80. The molecule has 0 N–H and O–H groups in total. The van der Waals surface area contributed by atoms with Crippen LogP contribution in [0.2, 0.25) is 0 Å². The van der Waals surface area contributed by atoms with E-state index in [1.54, 1.807) is 37.7 Å². The van der Waals surface area contributed by atoms with E-state index >= 15 is 0 Å². The van der Waals surface area contributed by atoms with Crippen molar-refractivity contribution in [2.45, 2.75) is 6.18 Å². The third-order valence-corrected chi connectivity index (χ3v) is 4.09. The van der Waals surface area contributed by atoms with Gasteiger partial charge in [0.05, 0.1) is 30.1 Å². The minimum atomic E-state index is -4.74. The Hall–Kier alpha value is -3.16. The predicted octanol–water partition coefficient (Wildman–Crippen LogP) is 4.74. The Labute approximate surface area is 144 Å². The average molecular weight is 361 g/mol. The summed E-state index contributed by atoms with van der Waals surface area (Å²) in [5.41, 5.74) is 0.125. The molecule has 0 radical (unpaired) electrons. The lowest BCUT2D eigenvalue weighted by molar-refractivity contribution is -0.139. The van der Waals surface area contributed by atoms with E-state index in [9.17, 15) is 17.6 Å². The van der Waals surface area contributed by atoms with Gasteiger partial charge in [0.15, 0.2) is 0 Å². The SMILES string of the molecule is COc1ccc2ncc3nn(-c4ccc(C(F)(F)F)c(F)c4)cc3c2c1. The number of aromatic nitrogens is 3. The van der Waals surface area contributed by atoms with Crippen LogP contribution >= 0.6 is 0 Å². The van der Waals surface area contributed by atoms with Crippen molar-refractivity contribution in [1.82, 2.24) is 14.8 Å². The molecule has 0 fully saturated rings. The lowest BCUT2D eigenvalue weighted by Crippen LogP contribution is -2.08. The maximum atomic E-state index is 13.8. The van der Waals surface area contributed by atoms with E-state index in [4.69, 9.17) is 4.74 Å². The van der Waals surface area contributed by atoms with Gasteiger partial charge in [-0.15, -0.1) is 0 Å². The molecule has 0 aliphatic carbocycles. The number of hydrogen-bond donors (Lipinski definition) is 0. The Morgan fingerprint density at radius 3 is 2.50 bits per heavy atom. The quantitative estimate of drug-likeness (QED) is 0.484. The van der Waals surface area contributed by atoms with Crippen LogP contribution in [0.25, 0.3) is 27.5 Å². The van der Waals surface area contributed by atoms with Crippen LogP contribution in [0, 0.1) is 5.82 Å². The summed E-state index contributed by atoms with van der Waals surface area (Å²) < 4.78 is 58.5. The third-order valence-electron chi connectivity index (χ3n) is 4.09. The van der Waals surface area contributed by atoms with Gasteiger partial charge in [0.25, 0.3) is 0 Å². The highest BCUT2D eigenvalue weighted by molar-refractivity contribution is 6.04. The molecule has 0 bridgehead atoms. The monoisotopic (exact) mass is 361 g/mol. The molecule has 0 amide bonds. The van der Waals surface area contributed by atoms with Gasteiger partial charge in [-0.3, -0.25) is 4.98 Å². The molecule has 0 saturated heterocycles. The Morgan fingerprint density at radius 1 is 1.00 bits per heavy atom. The normalized spacial score (nSPS) is 12.0. The lowest BCUT2D eigenvalue weighted by atomic mass is 10.1. The lowest BCUT2D eigenvalue weighted by Gasteiger charge is -2.09. The van der Waals surface area contributed by atoms with Gasteiger partial charge in [-0.1, -0.05) is 0 Å². The summed E-state index contributed by atoms with van der Waals surface area (Å²) in [6.07, 6.45) is -1.56. The summed E-state index contributed by atoms with van der Waals surface area (Å²) >= 11 is 0. The van der Waals surface area contributed by atoms with Gasteiger partial charge in [-0.2, -0.15) is 18.3 Å².